The van der Waals surface area contributed by atoms with E-state index in [2.05, 4.69) is 24.1 Å². The lowest BCUT2D eigenvalue weighted by Crippen LogP contribution is -2.36. The summed E-state index contributed by atoms with van der Waals surface area (Å²) in [5.41, 5.74) is 5.91. The van der Waals surface area contributed by atoms with Crippen LogP contribution in [0.15, 0.2) is 23.2 Å². The first-order valence-electron chi connectivity index (χ1n) is 7.14. The molecule has 0 amide bonds. The van der Waals surface area contributed by atoms with Crippen molar-refractivity contribution in [1.82, 2.24) is 9.29 Å². The van der Waals surface area contributed by atoms with Gasteiger partial charge in [-0.05, 0) is 36.9 Å². The number of hydrogen-bond donors (Lipinski definition) is 2. The molecule has 0 unspecified atom stereocenters. The van der Waals surface area contributed by atoms with Crippen molar-refractivity contribution in [2.75, 3.05) is 32.5 Å². The first kappa shape index (κ1) is 17.9. The zero-order valence-corrected chi connectivity index (χ0v) is 14.1. The summed E-state index contributed by atoms with van der Waals surface area (Å²) in [4.78, 5) is 4.36. The molecule has 0 aliphatic rings. The van der Waals surface area contributed by atoms with Crippen molar-refractivity contribution >= 4 is 15.8 Å². The van der Waals surface area contributed by atoms with Gasteiger partial charge in [0.2, 0.25) is 10.0 Å². The molecule has 7 heteroatoms. The van der Waals surface area contributed by atoms with Crippen molar-refractivity contribution in [2.24, 2.45) is 11.1 Å². The molecular weight excluding hydrogens is 288 g/mol. The number of nitrogens with zero attached hydrogens (tertiary/aromatic N) is 2. The predicted molar refractivity (Wildman–Crippen MR) is 85.7 cm³/mol. The molecule has 6 nitrogen and oxygen atoms in total. The quantitative estimate of drug-likeness (QED) is 0.759. The van der Waals surface area contributed by atoms with Gasteiger partial charge in [-0.2, -0.15) is 0 Å². The van der Waals surface area contributed by atoms with Crippen molar-refractivity contribution in [1.29, 1.82) is 0 Å². The van der Waals surface area contributed by atoms with Gasteiger partial charge in [-0.1, -0.05) is 13.8 Å². The highest BCUT2D eigenvalue weighted by atomic mass is 32.2. The molecule has 0 radical (unpaired) electrons. The van der Waals surface area contributed by atoms with Gasteiger partial charge in [0.25, 0.3) is 0 Å². The molecule has 0 fully saturated rings. The molecule has 1 aromatic heterocycles. The smallest absolute Gasteiger partial charge is 0.244 e. The first-order valence-corrected chi connectivity index (χ1v) is 8.58. The standard InChI is InChI=1S/C14H26N4O2S/c1-5-14(6-2,10-15)11-17-13-8-7-12(9-16-13)21(19,20)18(3)4/h7-9H,5-6,10-11,15H2,1-4H3,(H,16,17). The Morgan fingerprint density at radius 3 is 2.29 bits per heavy atom. The number of nitrogens with two attached hydrogens (primary N) is 1. The van der Waals surface area contributed by atoms with Crippen LogP contribution in [0.4, 0.5) is 5.82 Å². The summed E-state index contributed by atoms with van der Waals surface area (Å²) >= 11 is 0. The molecule has 0 bridgehead atoms. The Kier molecular flexibility index (Phi) is 6.12. The molecule has 0 aromatic carbocycles. The van der Waals surface area contributed by atoms with Gasteiger partial charge in [0.15, 0.2) is 0 Å². The maximum absolute atomic E-state index is 11.9. The van der Waals surface area contributed by atoms with Crippen LogP contribution in [0.1, 0.15) is 26.7 Å². The minimum absolute atomic E-state index is 0.0517. The van der Waals surface area contributed by atoms with Gasteiger partial charge in [-0.25, -0.2) is 17.7 Å². The summed E-state index contributed by atoms with van der Waals surface area (Å²) < 4.78 is 25.1. The monoisotopic (exact) mass is 314 g/mol. The maximum Gasteiger partial charge on any atom is 0.244 e. The average molecular weight is 314 g/mol. The highest BCUT2D eigenvalue weighted by Gasteiger charge is 2.24. The molecule has 1 aromatic rings. The zero-order valence-electron chi connectivity index (χ0n) is 13.3. The molecule has 120 valence electrons. The van der Waals surface area contributed by atoms with Crippen LogP contribution < -0.4 is 11.1 Å². The molecule has 3 N–H and O–H groups in total. The molecular formula is C14H26N4O2S. The van der Waals surface area contributed by atoms with E-state index in [1.165, 1.54) is 24.6 Å². The van der Waals surface area contributed by atoms with E-state index in [4.69, 9.17) is 5.73 Å². The van der Waals surface area contributed by atoms with Crippen molar-refractivity contribution in [3.63, 3.8) is 0 Å². The second kappa shape index (κ2) is 7.20. The fourth-order valence-electron chi connectivity index (χ4n) is 1.99. The molecule has 0 saturated carbocycles. The van der Waals surface area contributed by atoms with E-state index < -0.39 is 10.0 Å². The lowest BCUT2D eigenvalue weighted by Gasteiger charge is -2.30. The molecule has 0 spiro atoms. The van der Waals surface area contributed by atoms with Gasteiger partial charge < -0.3 is 11.1 Å². The first-order chi connectivity index (χ1) is 9.81. The summed E-state index contributed by atoms with van der Waals surface area (Å²) in [6, 6.07) is 3.25. The third-order valence-corrected chi connectivity index (χ3v) is 5.89. The predicted octanol–water partition coefficient (Wildman–Crippen LogP) is 1.51. The van der Waals surface area contributed by atoms with Crippen LogP contribution in [-0.2, 0) is 10.0 Å². The minimum Gasteiger partial charge on any atom is -0.369 e. The summed E-state index contributed by atoms with van der Waals surface area (Å²) in [7, 11) is -0.429. The number of rotatable bonds is 8. The number of hydrogen-bond acceptors (Lipinski definition) is 5. The highest BCUT2D eigenvalue weighted by Crippen LogP contribution is 2.25. The Morgan fingerprint density at radius 2 is 1.90 bits per heavy atom. The fourth-order valence-corrected chi connectivity index (χ4v) is 2.83. The minimum atomic E-state index is -3.43. The average Bonchev–Trinajstić information content (AvgIpc) is 2.49. The van der Waals surface area contributed by atoms with Gasteiger partial charge in [-0.3, -0.25) is 0 Å². The third-order valence-electron chi connectivity index (χ3n) is 4.09. The van der Waals surface area contributed by atoms with E-state index in [1.54, 1.807) is 12.1 Å². The number of anilines is 1. The summed E-state index contributed by atoms with van der Waals surface area (Å²) in [6.45, 7) is 5.58. The largest absolute Gasteiger partial charge is 0.369 e. The van der Waals surface area contributed by atoms with Crippen LogP contribution >= 0.6 is 0 Å². The van der Waals surface area contributed by atoms with Crippen LogP contribution in [-0.4, -0.2) is 44.9 Å². The molecule has 0 aliphatic carbocycles. The van der Waals surface area contributed by atoms with Crippen molar-refractivity contribution in [3.05, 3.63) is 18.3 Å². The molecule has 0 saturated heterocycles. The highest BCUT2D eigenvalue weighted by molar-refractivity contribution is 7.89. The normalized spacial score (nSPS) is 12.7. The molecule has 1 heterocycles. The third kappa shape index (κ3) is 4.15. The Bertz CT molecular complexity index is 528. The number of nitrogens with one attached hydrogen (secondary N) is 1. The van der Waals surface area contributed by atoms with Crippen LogP contribution in [0.25, 0.3) is 0 Å². The van der Waals surface area contributed by atoms with Crippen molar-refractivity contribution in [3.8, 4) is 0 Å². The fraction of sp³-hybridized carbons (Fsp3) is 0.643. The van der Waals surface area contributed by atoms with E-state index >= 15 is 0 Å². The Morgan fingerprint density at radius 1 is 1.29 bits per heavy atom. The van der Waals surface area contributed by atoms with E-state index in [0.717, 1.165) is 19.4 Å². The SMILES string of the molecule is CCC(CC)(CN)CNc1ccc(S(=O)(=O)N(C)C)cn1. The molecule has 0 aliphatic heterocycles. The van der Waals surface area contributed by atoms with Gasteiger partial charge in [0.1, 0.15) is 10.7 Å². The lowest BCUT2D eigenvalue weighted by atomic mass is 9.82. The molecule has 21 heavy (non-hydrogen) atoms. The molecule has 0 atom stereocenters. The lowest BCUT2D eigenvalue weighted by molar-refractivity contribution is 0.294. The van der Waals surface area contributed by atoms with Crippen LogP contribution in [0, 0.1) is 5.41 Å². The van der Waals surface area contributed by atoms with Gasteiger partial charge >= 0.3 is 0 Å². The Labute approximate surface area is 127 Å². The zero-order chi connectivity index (χ0) is 16.1. The topological polar surface area (TPSA) is 88.3 Å². The van der Waals surface area contributed by atoms with Crippen LogP contribution in [0.2, 0.25) is 0 Å². The van der Waals surface area contributed by atoms with E-state index in [1.807, 2.05) is 0 Å². The van der Waals surface area contributed by atoms with Crippen LogP contribution in [0.5, 0.6) is 0 Å². The van der Waals surface area contributed by atoms with Gasteiger partial charge in [-0.15, -0.1) is 0 Å². The maximum atomic E-state index is 11.9. The Balaban J connectivity index is 2.81. The van der Waals surface area contributed by atoms with Gasteiger partial charge in [0, 0.05) is 26.8 Å². The summed E-state index contributed by atoms with van der Waals surface area (Å²) in [6.07, 6.45) is 3.35. The van der Waals surface area contributed by atoms with E-state index in [0.29, 0.717) is 12.4 Å². The van der Waals surface area contributed by atoms with Gasteiger partial charge in [0.05, 0.1) is 0 Å². The van der Waals surface area contributed by atoms with Crippen molar-refractivity contribution in [2.45, 2.75) is 31.6 Å². The second-order valence-corrected chi connectivity index (χ2v) is 7.58. The number of aromatic nitrogens is 1. The molecule has 1 rings (SSSR count). The summed E-state index contributed by atoms with van der Waals surface area (Å²) in [5, 5.41) is 3.25. The van der Waals surface area contributed by atoms with Crippen molar-refractivity contribution < 1.29 is 8.42 Å². The Hall–Kier alpha value is -1.18. The second-order valence-electron chi connectivity index (χ2n) is 5.43. The number of pyridine rings is 1. The number of sulfonamides is 1. The van der Waals surface area contributed by atoms with Crippen LogP contribution in [0.3, 0.4) is 0 Å². The van der Waals surface area contributed by atoms with E-state index in [-0.39, 0.29) is 10.3 Å². The van der Waals surface area contributed by atoms with E-state index in [9.17, 15) is 8.42 Å². The summed E-state index contributed by atoms with van der Waals surface area (Å²) in [5.74, 6) is 0.660.